The maximum absolute atomic E-state index is 12.4. The van der Waals surface area contributed by atoms with Gasteiger partial charge in [0, 0.05) is 24.5 Å². The molecular weight excluding hydrogens is 424 g/mol. The highest BCUT2D eigenvalue weighted by molar-refractivity contribution is 5.93. The van der Waals surface area contributed by atoms with Gasteiger partial charge in [-0.25, -0.2) is 14.8 Å². The number of imidazole rings is 1. The average molecular weight is 444 g/mol. The summed E-state index contributed by atoms with van der Waals surface area (Å²) in [6.07, 6.45) is 5.69. The van der Waals surface area contributed by atoms with Gasteiger partial charge in [-0.05, 0) is 48.9 Å². The lowest BCUT2D eigenvalue weighted by Gasteiger charge is -2.13. The van der Waals surface area contributed by atoms with E-state index in [2.05, 4.69) is 15.0 Å². The third kappa shape index (κ3) is 4.20. The Morgan fingerprint density at radius 3 is 2.67 bits per heavy atom. The molecule has 0 saturated carbocycles. The number of rotatable bonds is 6. The Labute approximate surface area is 189 Å². The fourth-order valence-electron chi connectivity index (χ4n) is 3.54. The minimum Gasteiger partial charge on any atom is -0.465 e. The normalized spacial score (nSPS) is 11.9. The van der Waals surface area contributed by atoms with E-state index in [1.807, 2.05) is 41.1 Å². The summed E-state index contributed by atoms with van der Waals surface area (Å²) in [7, 11) is 1.31. The predicted molar refractivity (Wildman–Crippen MR) is 117 cm³/mol. The van der Waals surface area contributed by atoms with Gasteiger partial charge >= 0.3 is 5.97 Å². The van der Waals surface area contributed by atoms with Crippen molar-refractivity contribution in [2.24, 2.45) is 0 Å². The second-order valence-electron chi connectivity index (χ2n) is 7.33. The van der Waals surface area contributed by atoms with Crippen molar-refractivity contribution in [2.75, 3.05) is 13.9 Å². The van der Waals surface area contributed by atoms with E-state index in [9.17, 15) is 4.79 Å². The van der Waals surface area contributed by atoms with Crippen LogP contribution in [-0.4, -0.2) is 39.4 Å². The zero-order valence-electron chi connectivity index (χ0n) is 18.0. The van der Waals surface area contributed by atoms with Gasteiger partial charge in [0.15, 0.2) is 11.5 Å². The molecule has 166 valence electrons. The molecule has 0 aliphatic carbocycles. The third-order valence-corrected chi connectivity index (χ3v) is 5.15. The SMILES string of the molecule is COC(=O)c1c(C)nc(Cc2ccc3c(c2)OCO3)nc1Oc1ccc(-n2ccnc2)cc1. The number of esters is 1. The molecule has 4 aromatic rings. The van der Waals surface area contributed by atoms with E-state index in [0.29, 0.717) is 35.2 Å². The predicted octanol–water partition coefficient (Wildman–Crippen LogP) is 3.87. The highest BCUT2D eigenvalue weighted by Gasteiger charge is 2.22. The van der Waals surface area contributed by atoms with E-state index in [1.54, 1.807) is 31.6 Å². The van der Waals surface area contributed by atoms with Crippen LogP contribution in [0.25, 0.3) is 5.69 Å². The lowest BCUT2D eigenvalue weighted by Crippen LogP contribution is -2.12. The van der Waals surface area contributed by atoms with Crippen molar-refractivity contribution in [1.29, 1.82) is 0 Å². The van der Waals surface area contributed by atoms with Crippen molar-refractivity contribution >= 4 is 5.97 Å². The number of aromatic nitrogens is 4. The summed E-state index contributed by atoms with van der Waals surface area (Å²) in [5.41, 5.74) is 2.53. The first-order chi connectivity index (χ1) is 16.1. The second kappa shape index (κ2) is 8.62. The number of carbonyl (C=O) groups excluding carboxylic acids is 1. The van der Waals surface area contributed by atoms with Crippen LogP contribution in [0.15, 0.2) is 61.2 Å². The zero-order valence-corrected chi connectivity index (χ0v) is 18.0. The number of hydrogen-bond acceptors (Lipinski definition) is 8. The number of hydrogen-bond donors (Lipinski definition) is 0. The molecule has 0 amide bonds. The van der Waals surface area contributed by atoms with Crippen LogP contribution in [0.4, 0.5) is 0 Å². The average Bonchev–Trinajstić information content (AvgIpc) is 3.51. The lowest BCUT2D eigenvalue weighted by molar-refractivity contribution is 0.0595. The Morgan fingerprint density at radius 2 is 1.91 bits per heavy atom. The van der Waals surface area contributed by atoms with Gasteiger partial charge in [0.25, 0.3) is 0 Å². The van der Waals surface area contributed by atoms with Crippen LogP contribution in [0.3, 0.4) is 0 Å². The van der Waals surface area contributed by atoms with Crippen LogP contribution in [0, 0.1) is 6.92 Å². The summed E-state index contributed by atoms with van der Waals surface area (Å²) in [6, 6.07) is 13.0. The monoisotopic (exact) mass is 444 g/mol. The molecule has 0 bridgehead atoms. The summed E-state index contributed by atoms with van der Waals surface area (Å²) >= 11 is 0. The maximum atomic E-state index is 12.4. The zero-order chi connectivity index (χ0) is 22.8. The van der Waals surface area contributed by atoms with Crippen LogP contribution in [0.5, 0.6) is 23.1 Å². The van der Waals surface area contributed by atoms with E-state index in [4.69, 9.17) is 18.9 Å². The molecule has 0 unspecified atom stereocenters. The standard InChI is InChI=1S/C24H20N4O5/c1-15-22(24(29)30-2)23(33-18-6-4-17(5-7-18)28-10-9-25-13-28)27-21(26-15)12-16-3-8-19-20(11-16)32-14-31-19/h3-11,13H,12,14H2,1-2H3. The number of aryl methyl sites for hydroxylation is 1. The number of methoxy groups -OCH3 is 1. The molecule has 0 radical (unpaired) electrons. The quantitative estimate of drug-likeness (QED) is 0.414. The van der Waals surface area contributed by atoms with Crippen molar-refractivity contribution < 1.29 is 23.7 Å². The van der Waals surface area contributed by atoms with Crippen molar-refractivity contribution in [3.05, 3.63) is 83.8 Å². The Balaban J connectivity index is 1.45. The summed E-state index contributed by atoms with van der Waals surface area (Å²) < 4.78 is 23.6. The van der Waals surface area contributed by atoms with Gasteiger partial charge in [-0.1, -0.05) is 6.07 Å². The molecule has 1 aliphatic heterocycles. The minimum absolute atomic E-state index is 0.139. The first kappa shape index (κ1) is 20.5. The molecule has 3 heterocycles. The molecule has 5 rings (SSSR count). The number of benzene rings is 2. The topological polar surface area (TPSA) is 97.6 Å². The van der Waals surface area contributed by atoms with Gasteiger partial charge in [0.1, 0.15) is 17.1 Å². The first-order valence-corrected chi connectivity index (χ1v) is 10.2. The first-order valence-electron chi connectivity index (χ1n) is 10.2. The van der Waals surface area contributed by atoms with Crippen LogP contribution in [0.1, 0.15) is 27.4 Å². The Kier molecular flexibility index (Phi) is 5.35. The van der Waals surface area contributed by atoms with Gasteiger partial charge in [-0.15, -0.1) is 0 Å². The van der Waals surface area contributed by atoms with E-state index in [-0.39, 0.29) is 18.2 Å². The molecule has 0 fully saturated rings. The van der Waals surface area contributed by atoms with Crippen LogP contribution >= 0.6 is 0 Å². The highest BCUT2D eigenvalue weighted by atomic mass is 16.7. The molecule has 0 atom stereocenters. The number of fused-ring (bicyclic) bond motifs is 1. The van der Waals surface area contributed by atoms with Crippen molar-refractivity contribution in [3.8, 4) is 28.8 Å². The third-order valence-electron chi connectivity index (χ3n) is 5.15. The molecule has 2 aromatic heterocycles. The largest absolute Gasteiger partial charge is 0.465 e. The van der Waals surface area contributed by atoms with Gasteiger partial charge in [-0.2, -0.15) is 4.98 Å². The van der Waals surface area contributed by atoms with Crippen LogP contribution in [0.2, 0.25) is 0 Å². The van der Waals surface area contributed by atoms with Crippen molar-refractivity contribution in [3.63, 3.8) is 0 Å². The summed E-state index contributed by atoms with van der Waals surface area (Å²) in [6.45, 7) is 1.94. The van der Waals surface area contributed by atoms with E-state index in [0.717, 1.165) is 11.3 Å². The number of nitrogens with zero attached hydrogens (tertiary/aromatic N) is 4. The second-order valence-corrected chi connectivity index (χ2v) is 7.33. The molecule has 0 N–H and O–H groups in total. The van der Waals surface area contributed by atoms with E-state index in [1.165, 1.54) is 7.11 Å². The molecule has 0 spiro atoms. The number of carbonyl (C=O) groups is 1. The molecule has 33 heavy (non-hydrogen) atoms. The molecule has 2 aromatic carbocycles. The van der Waals surface area contributed by atoms with E-state index < -0.39 is 5.97 Å². The molecule has 9 nitrogen and oxygen atoms in total. The molecule has 1 aliphatic rings. The van der Waals surface area contributed by atoms with Crippen LogP contribution in [-0.2, 0) is 11.2 Å². The Bertz CT molecular complexity index is 1300. The van der Waals surface area contributed by atoms with Crippen LogP contribution < -0.4 is 14.2 Å². The summed E-state index contributed by atoms with van der Waals surface area (Å²) in [4.78, 5) is 25.5. The fourth-order valence-corrected chi connectivity index (χ4v) is 3.54. The summed E-state index contributed by atoms with van der Waals surface area (Å²) in [5, 5.41) is 0. The van der Waals surface area contributed by atoms with Gasteiger partial charge in [0.2, 0.25) is 12.7 Å². The number of ether oxygens (including phenoxy) is 4. The van der Waals surface area contributed by atoms with Crippen molar-refractivity contribution in [2.45, 2.75) is 13.3 Å². The van der Waals surface area contributed by atoms with Crippen molar-refractivity contribution in [1.82, 2.24) is 19.5 Å². The fraction of sp³-hybridized carbons (Fsp3) is 0.167. The highest BCUT2D eigenvalue weighted by Crippen LogP contribution is 2.33. The lowest BCUT2D eigenvalue weighted by atomic mass is 10.1. The maximum Gasteiger partial charge on any atom is 0.345 e. The van der Waals surface area contributed by atoms with Gasteiger partial charge < -0.3 is 23.5 Å². The summed E-state index contributed by atoms with van der Waals surface area (Å²) in [5.74, 6) is 2.00. The minimum atomic E-state index is -0.563. The van der Waals surface area contributed by atoms with Gasteiger partial charge in [0.05, 0.1) is 19.1 Å². The Morgan fingerprint density at radius 1 is 1.09 bits per heavy atom. The Hall–Kier alpha value is -4.40. The van der Waals surface area contributed by atoms with E-state index >= 15 is 0 Å². The molecular formula is C24H20N4O5. The smallest absolute Gasteiger partial charge is 0.345 e. The molecule has 0 saturated heterocycles. The van der Waals surface area contributed by atoms with Gasteiger partial charge in [-0.3, -0.25) is 0 Å². The molecule has 9 heteroatoms.